The summed E-state index contributed by atoms with van der Waals surface area (Å²) >= 11 is 0. The van der Waals surface area contributed by atoms with Crippen LogP contribution < -0.4 is 5.32 Å². The van der Waals surface area contributed by atoms with Gasteiger partial charge in [0.05, 0.1) is 18.2 Å². The lowest BCUT2D eigenvalue weighted by molar-refractivity contribution is -0.136. The fourth-order valence-electron chi connectivity index (χ4n) is 4.11. The Hall–Kier alpha value is -1.58. The maximum absolute atomic E-state index is 12.7. The van der Waals surface area contributed by atoms with E-state index in [1.54, 1.807) is 12.3 Å². The van der Waals surface area contributed by atoms with Crippen LogP contribution in [-0.2, 0) is 16.1 Å². The zero-order chi connectivity index (χ0) is 14.6. The lowest BCUT2D eigenvalue weighted by atomic mass is 9.64. The van der Waals surface area contributed by atoms with Gasteiger partial charge in [-0.2, -0.15) is 0 Å². The van der Waals surface area contributed by atoms with E-state index >= 15 is 0 Å². The fourth-order valence-corrected chi connectivity index (χ4v) is 4.11. The van der Waals surface area contributed by atoms with Gasteiger partial charge in [-0.25, -0.2) is 0 Å². The summed E-state index contributed by atoms with van der Waals surface area (Å²) in [5.41, 5.74) is -1.19. The first-order valence-electron chi connectivity index (χ1n) is 7.17. The Labute approximate surface area is 118 Å². The lowest BCUT2D eigenvalue weighted by Crippen LogP contribution is -2.46. The molecular weight excluding hydrogens is 254 g/mol. The van der Waals surface area contributed by atoms with Crippen LogP contribution in [0.15, 0.2) is 22.8 Å². The molecule has 2 fully saturated rings. The van der Waals surface area contributed by atoms with Gasteiger partial charge in [-0.3, -0.25) is 9.59 Å². The third-order valence-electron chi connectivity index (χ3n) is 6.14. The number of Topliss-reactive ketones (excluding diaryl/α,β-unsaturated/α-hetero) is 1. The quantitative estimate of drug-likeness (QED) is 0.922. The molecule has 2 atom stereocenters. The summed E-state index contributed by atoms with van der Waals surface area (Å²) in [6, 6.07) is 3.64. The number of carbonyl (C=O) groups is 2. The molecule has 0 radical (unpaired) electrons. The predicted molar refractivity (Wildman–Crippen MR) is 73.7 cm³/mol. The van der Waals surface area contributed by atoms with Crippen molar-refractivity contribution in [3.8, 4) is 0 Å². The summed E-state index contributed by atoms with van der Waals surface area (Å²) in [6.45, 7) is 6.53. The normalized spacial score (nSPS) is 34.5. The summed E-state index contributed by atoms with van der Waals surface area (Å²) in [5.74, 6) is 0.966. The minimum Gasteiger partial charge on any atom is -0.467 e. The molecule has 1 heterocycles. The molecule has 1 amide bonds. The molecule has 3 rings (SSSR count). The Morgan fingerprint density at radius 1 is 1.35 bits per heavy atom. The van der Waals surface area contributed by atoms with E-state index in [2.05, 4.69) is 19.2 Å². The number of hydrogen-bond donors (Lipinski definition) is 1. The molecule has 4 nitrogen and oxygen atoms in total. The molecule has 1 N–H and O–H groups in total. The number of nitrogens with one attached hydrogen (secondary N) is 1. The Morgan fingerprint density at radius 2 is 2.10 bits per heavy atom. The summed E-state index contributed by atoms with van der Waals surface area (Å²) in [6.07, 6.45) is 3.58. The highest BCUT2D eigenvalue weighted by Gasteiger charge is 2.72. The number of carbonyl (C=O) groups excluding carboxylic acids is 2. The van der Waals surface area contributed by atoms with Crippen molar-refractivity contribution in [2.24, 2.45) is 16.2 Å². The van der Waals surface area contributed by atoms with Gasteiger partial charge in [0.2, 0.25) is 5.91 Å². The minimum atomic E-state index is -0.550. The van der Waals surface area contributed by atoms with Gasteiger partial charge in [0.25, 0.3) is 0 Å². The standard InChI is InChI=1S/C16H21NO3/c1-14(2)15(3)6-7-16(14,9-12(15)18)13(19)17-10-11-5-4-8-20-11/h4-5,8H,6-7,9-10H2,1-3H3,(H,17,19)/t15-,16-/m1/s1. The average molecular weight is 275 g/mol. The second kappa shape index (κ2) is 3.96. The molecule has 0 saturated heterocycles. The van der Waals surface area contributed by atoms with Crippen molar-refractivity contribution in [3.05, 3.63) is 24.2 Å². The first kappa shape index (κ1) is 13.4. The van der Waals surface area contributed by atoms with Crippen LogP contribution in [0.5, 0.6) is 0 Å². The van der Waals surface area contributed by atoms with Crippen LogP contribution in [-0.4, -0.2) is 11.7 Å². The van der Waals surface area contributed by atoms with Crippen LogP contribution >= 0.6 is 0 Å². The number of ketones is 1. The van der Waals surface area contributed by atoms with E-state index in [-0.39, 0.29) is 22.5 Å². The molecule has 2 bridgehead atoms. The van der Waals surface area contributed by atoms with Crippen molar-refractivity contribution in [2.45, 2.75) is 46.6 Å². The molecule has 108 valence electrons. The molecule has 1 aromatic rings. The Kier molecular flexibility index (Phi) is 2.66. The smallest absolute Gasteiger partial charge is 0.227 e. The molecule has 4 heteroatoms. The number of furan rings is 1. The highest BCUT2D eigenvalue weighted by atomic mass is 16.3. The maximum atomic E-state index is 12.7. The molecule has 20 heavy (non-hydrogen) atoms. The highest BCUT2D eigenvalue weighted by molar-refractivity contribution is 5.99. The third-order valence-corrected chi connectivity index (χ3v) is 6.14. The van der Waals surface area contributed by atoms with Crippen molar-refractivity contribution in [2.75, 3.05) is 0 Å². The van der Waals surface area contributed by atoms with E-state index in [1.165, 1.54) is 0 Å². The Balaban J connectivity index is 1.82. The van der Waals surface area contributed by atoms with E-state index in [1.807, 2.05) is 13.0 Å². The highest BCUT2D eigenvalue weighted by Crippen LogP contribution is 2.70. The van der Waals surface area contributed by atoms with Gasteiger partial charge in [0, 0.05) is 11.8 Å². The molecular formula is C16H21NO3. The van der Waals surface area contributed by atoms with Gasteiger partial charge in [0.1, 0.15) is 11.5 Å². The van der Waals surface area contributed by atoms with Crippen LogP contribution in [0.1, 0.15) is 45.8 Å². The van der Waals surface area contributed by atoms with Crippen molar-refractivity contribution in [1.82, 2.24) is 5.32 Å². The largest absolute Gasteiger partial charge is 0.467 e. The molecule has 2 aliphatic carbocycles. The van der Waals surface area contributed by atoms with Crippen molar-refractivity contribution in [3.63, 3.8) is 0 Å². The van der Waals surface area contributed by atoms with Crippen LogP contribution in [0.4, 0.5) is 0 Å². The molecule has 0 aliphatic heterocycles. The lowest BCUT2D eigenvalue weighted by Gasteiger charge is -2.38. The fraction of sp³-hybridized carbons (Fsp3) is 0.625. The van der Waals surface area contributed by atoms with Gasteiger partial charge in [-0.15, -0.1) is 0 Å². The zero-order valence-electron chi connectivity index (χ0n) is 12.3. The van der Waals surface area contributed by atoms with E-state index < -0.39 is 5.41 Å². The van der Waals surface area contributed by atoms with E-state index in [0.717, 1.165) is 18.6 Å². The molecule has 1 aromatic heterocycles. The van der Waals surface area contributed by atoms with E-state index in [9.17, 15) is 9.59 Å². The van der Waals surface area contributed by atoms with Crippen LogP contribution in [0, 0.1) is 16.2 Å². The summed E-state index contributed by atoms with van der Waals surface area (Å²) in [5, 5.41) is 2.95. The molecule has 0 spiro atoms. The maximum Gasteiger partial charge on any atom is 0.227 e. The van der Waals surface area contributed by atoms with Crippen LogP contribution in [0.25, 0.3) is 0 Å². The number of amides is 1. The second-order valence-electron chi connectivity index (χ2n) is 6.90. The molecule has 0 aromatic carbocycles. The summed E-state index contributed by atoms with van der Waals surface area (Å²) in [7, 11) is 0. The van der Waals surface area contributed by atoms with Gasteiger partial charge >= 0.3 is 0 Å². The van der Waals surface area contributed by atoms with E-state index in [0.29, 0.717) is 13.0 Å². The van der Waals surface area contributed by atoms with Gasteiger partial charge < -0.3 is 9.73 Å². The second-order valence-corrected chi connectivity index (χ2v) is 6.90. The third kappa shape index (κ3) is 1.42. The first-order valence-corrected chi connectivity index (χ1v) is 7.17. The summed E-state index contributed by atoms with van der Waals surface area (Å²) in [4.78, 5) is 25.0. The average Bonchev–Trinajstić information content (AvgIpc) is 3.01. The van der Waals surface area contributed by atoms with Crippen molar-refractivity contribution < 1.29 is 14.0 Å². The number of rotatable bonds is 3. The monoisotopic (exact) mass is 275 g/mol. The first-order chi connectivity index (χ1) is 9.33. The van der Waals surface area contributed by atoms with Crippen LogP contribution in [0.2, 0.25) is 0 Å². The van der Waals surface area contributed by atoms with Gasteiger partial charge in [0.15, 0.2) is 0 Å². The van der Waals surface area contributed by atoms with E-state index in [4.69, 9.17) is 4.42 Å². The van der Waals surface area contributed by atoms with Gasteiger partial charge in [-0.05, 0) is 30.4 Å². The molecule has 2 saturated carbocycles. The summed E-state index contributed by atoms with van der Waals surface area (Å²) < 4.78 is 5.23. The SMILES string of the molecule is CC1(C)[C@]2(C(=O)NCc3ccco3)CC[C@]1(C)C(=O)C2. The van der Waals surface area contributed by atoms with Crippen LogP contribution in [0.3, 0.4) is 0 Å². The van der Waals surface area contributed by atoms with Crippen molar-refractivity contribution in [1.29, 1.82) is 0 Å². The Bertz CT molecular complexity index is 560. The molecule has 2 aliphatic rings. The molecule has 0 unspecified atom stereocenters. The minimum absolute atomic E-state index is 0.00604. The predicted octanol–water partition coefficient (Wildman–Crippen LogP) is 2.68. The Morgan fingerprint density at radius 3 is 2.60 bits per heavy atom. The zero-order valence-corrected chi connectivity index (χ0v) is 12.3. The number of fused-ring (bicyclic) bond motifs is 2. The van der Waals surface area contributed by atoms with Gasteiger partial charge in [-0.1, -0.05) is 20.8 Å². The topological polar surface area (TPSA) is 59.3 Å². The van der Waals surface area contributed by atoms with Crippen molar-refractivity contribution >= 4 is 11.7 Å². The number of hydrogen-bond acceptors (Lipinski definition) is 3.